The number of halogens is 1. The van der Waals surface area contributed by atoms with E-state index in [-0.39, 0.29) is 0 Å². The van der Waals surface area contributed by atoms with Gasteiger partial charge in [0.05, 0.1) is 20.3 Å². The van der Waals surface area contributed by atoms with Gasteiger partial charge in [-0.05, 0) is 35.9 Å². The van der Waals surface area contributed by atoms with Crippen molar-refractivity contribution in [3.05, 3.63) is 65.2 Å². The second kappa shape index (κ2) is 6.18. The minimum atomic E-state index is -0.815. The van der Waals surface area contributed by atoms with E-state index in [2.05, 4.69) is 28.1 Å². The second-order valence-corrected chi connectivity index (χ2v) is 5.44. The average molecular weight is 349 g/mol. The Hall–Kier alpha value is -1.36. The van der Waals surface area contributed by atoms with Gasteiger partial charge in [0.1, 0.15) is 5.75 Å². The Morgan fingerprint density at radius 2 is 1.76 bits per heavy atom. The number of ether oxygens (including phenoxy) is 3. The molecule has 0 unspecified atom stereocenters. The van der Waals surface area contributed by atoms with Gasteiger partial charge >= 0.3 is 0 Å². The molecule has 0 radical (unpaired) electrons. The zero-order valence-corrected chi connectivity index (χ0v) is 13.4. The van der Waals surface area contributed by atoms with Crippen LogP contribution in [0.1, 0.15) is 16.7 Å². The van der Waals surface area contributed by atoms with E-state index < -0.39 is 5.79 Å². The summed E-state index contributed by atoms with van der Waals surface area (Å²) in [6.07, 6.45) is 0. The molecule has 4 heteroatoms. The molecule has 2 aromatic rings. The summed E-state index contributed by atoms with van der Waals surface area (Å²) in [5.41, 5.74) is 3.19. The van der Waals surface area contributed by atoms with Gasteiger partial charge in [-0.2, -0.15) is 0 Å². The average Bonchev–Trinajstić information content (AvgIpc) is 3.06. The molecular weight excluding hydrogens is 332 g/mol. The van der Waals surface area contributed by atoms with Crippen LogP contribution in [0.3, 0.4) is 0 Å². The quantitative estimate of drug-likeness (QED) is 0.785. The molecule has 110 valence electrons. The van der Waals surface area contributed by atoms with Crippen molar-refractivity contribution >= 4 is 15.9 Å². The van der Waals surface area contributed by atoms with Crippen molar-refractivity contribution in [3.63, 3.8) is 0 Å². The molecule has 0 N–H and O–H groups in total. The van der Waals surface area contributed by atoms with E-state index >= 15 is 0 Å². The van der Waals surface area contributed by atoms with Gasteiger partial charge in [0.25, 0.3) is 0 Å². The first kappa shape index (κ1) is 14.6. The lowest BCUT2D eigenvalue weighted by Crippen LogP contribution is -2.28. The van der Waals surface area contributed by atoms with Gasteiger partial charge in [-0.15, -0.1) is 0 Å². The summed E-state index contributed by atoms with van der Waals surface area (Å²) < 4.78 is 17.2. The van der Waals surface area contributed by atoms with E-state index in [0.717, 1.165) is 22.2 Å². The van der Waals surface area contributed by atoms with Crippen LogP contribution in [0.4, 0.5) is 0 Å². The summed E-state index contributed by atoms with van der Waals surface area (Å²) in [4.78, 5) is 0. The SMILES string of the molecule is COc1ccc(C2(c3cccc(CBr)c3)OCCO2)cc1. The van der Waals surface area contributed by atoms with Crippen LogP contribution in [0.5, 0.6) is 5.75 Å². The van der Waals surface area contributed by atoms with Crippen molar-refractivity contribution in [2.24, 2.45) is 0 Å². The molecular formula is C17H17BrO3. The van der Waals surface area contributed by atoms with Crippen LogP contribution in [-0.2, 0) is 20.6 Å². The number of rotatable bonds is 4. The molecule has 21 heavy (non-hydrogen) atoms. The van der Waals surface area contributed by atoms with E-state index in [1.54, 1.807) is 7.11 Å². The fourth-order valence-corrected chi connectivity index (χ4v) is 2.93. The fourth-order valence-electron chi connectivity index (χ4n) is 2.58. The Bertz CT molecular complexity index is 604. The number of hydrogen-bond donors (Lipinski definition) is 0. The highest BCUT2D eigenvalue weighted by Crippen LogP contribution is 2.39. The highest BCUT2D eigenvalue weighted by atomic mass is 79.9. The number of hydrogen-bond acceptors (Lipinski definition) is 3. The maximum atomic E-state index is 6.01. The van der Waals surface area contributed by atoms with Crippen LogP contribution in [0.15, 0.2) is 48.5 Å². The lowest BCUT2D eigenvalue weighted by molar-refractivity contribution is -0.129. The van der Waals surface area contributed by atoms with Gasteiger partial charge in [-0.1, -0.05) is 34.1 Å². The zero-order valence-electron chi connectivity index (χ0n) is 11.8. The van der Waals surface area contributed by atoms with E-state index in [0.29, 0.717) is 13.2 Å². The Morgan fingerprint density at radius 1 is 1.05 bits per heavy atom. The summed E-state index contributed by atoms with van der Waals surface area (Å²) in [6.45, 7) is 1.18. The number of benzene rings is 2. The molecule has 0 atom stereocenters. The molecule has 2 aromatic carbocycles. The van der Waals surface area contributed by atoms with Gasteiger partial charge in [-0.25, -0.2) is 0 Å². The van der Waals surface area contributed by atoms with Crippen molar-refractivity contribution < 1.29 is 14.2 Å². The predicted molar refractivity (Wildman–Crippen MR) is 84.8 cm³/mol. The highest BCUT2D eigenvalue weighted by Gasteiger charge is 2.40. The third-order valence-corrected chi connectivity index (χ3v) is 4.27. The molecule has 1 aliphatic heterocycles. The van der Waals surface area contributed by atoms with Gasteiger partial charge in [-0.3, -0.25) is 0 Å². The summed E-state index contributed by atoms with van der Waals surface area (Å²) in [5.74, 6) is 0.00544. The predicted octanol–water partition coefficient (Wildman–Crippen LogP) is 3.84. The summed E-state index contributed by atoms with van der Waals surface area (Å²) in [5, 5.41) is 0.805. The minimum absolute atomic E-state index is 0.588. The largest absolute Gasteiger partial charge is 0.497 e. The fraction of sp³-hybridized carbons (Fsp3) is 0.294. The van der Waals surface area contributed by atoms with Crippen molar-refractivity contribution in [2.75, 3.05) is 20.3 Å². The lowest BCUT2D eigenvalue weighted by Gasteiger charge is -2.28. The normalized spacial score (nSPS) is 16.9. The van der Waals surface area contributed by atoms with Crippen molar-refractivity contribution in [1.82, 2.24) is 0 Å². The first-order valence-corrected chi connectivity index (χ1v) is 7.98. The van der Waals surface area contributed by atoms with E-state index in [9.17, 15) is 0 Å². The monoisotopic (exact) mass is 348 g/mol. The Morgan fingerprint density at radius 3 is 2.38 bits per heavy atom. The van der Waals surface area contributed by atoms with E-state index in [1.165, 1.54) is 5.56 Å². The van der Waals surface area contributed by atoms with Crippen molar-refractivity contribution in [3.8, 4) is 5.75 Å². The number of methoxy groups -OCH3 is 1. The molecule has 1 saturated heterocycles. The summed E-state index contributed by atoms with van der Waals surface area (Å²) in [7, 11) is 1.66. The van der Waals surface area contributed by atoms with Gasteiger partial charge < -0.3 is 14.2 Å². The van der Waals surface area contributed by atoms with Crippen molar-refractivity contribution in [2.45, 2.75) is 11.1 Å². The van der Waals surface area contributed by atoms with Crippen LogP contribution < -0.4 is 4.74 Å². The maximum Gasteiger partial charge on any atom is 0.222 e. The zero-order chi connectivity index (χ0) is 14.7. The molecule has 3 nitrogen and oxygen atoms in total. The molecule has 0 amide bonds. The minimum Gasteiger partial charge on any atom is -0.497 e. The van der Waals surface area contributed by atoms with Gasteiger partial charge in [0, 0.05) is 16.5 Å². The highest BCUT2D eigenvalue weighted by molar-refractivity contribution is 9.08. The molecule has 0 bridgehead atoms. The van der Waals surface area contributed by atoms with Crippen LogP contribution in [-0.4, -0.2) is 20.3 Å². The number of alkyl halides is 1. The van der Waals surface area contributed by atoms with Crippen LogP contribution >= 0.6 is 15.9 Å². The molecule has 0 spiro atoms. The molecule has 0 saturated carbocycles. The molecule has 0 aliphatic carbocycles. The second-order valence-electron chi connectivity index (χ2n) is 4.88. The van der Waals surface area contributed by atoms with E-state index in [1.807, 2.05) is 36.4 Å². The first-order chi connectivity index (χ1) is 10.3. The van der Waals surface area contributed by atoms with Gasteiger partial charge in [0.15, 0.2) is 0 Å². The third kappa shape index (κ3) is 2.71. The van der Waals surface area contributed by atoms with Crippen molar-refractivity contribution in [1.29, 1.82) is 0 Å². The first-order valence-electron chi connectivity index (χ1n) is 6.86. The maximum absolute atomic E-state index is 6.01. The Kier molecular flexibility index (Phi) is 4.29. The molecule has 1 heterocycles. The molecule has 1 aliphatic rings. The molecule has 0 aromatic heterocycles. The lowest BCUT2D eigenvalue weighted by atomic mass is 9.96. The topological polar surface area (TPSA) is 27.7 Å². The summed E-state index contributed by atoms with van der Waals surface area (Å²) >= 11 is 3.49. The third-order valence-electron chi connectivity index (χ3n) is 3.63. The Balaban J connectivity index is 2.05. The van der Waals surface area contributed by atoms with Gasteiger partial charge in [0.2, 0.25) is 5.79 Å². The van der Waals surface area contributed by atoms with Crippen LogP contribution in [0.2, 0.25) is 0 Å². The standard InChI is InChI=1S/C17H17BrO3/c1-19-16-7-5-14(6-8-16)17(20-9-10-21-17)15-4-2-3-13(11-15)12-18/h2-8,11H,9-10,12H2,1H3. The molecule has 1 fully saturated rings. The van der Waals surface area contributed by atoms with Crippen LogP contribution in [0.25, 0.3) is 0 Å². The van der Waals surface area contributed by atoms with E-state index in [4.69, 9.17) is 14.2 Å². The van der Waals surface area contributed by atoms with Crippen LogP contribution in [0, 0.1) is 0 Å². The molecule has 3 rings (SSSR count). The summed E-state index contributed by atoms with van der Waals surface area (Å²) in [6, 6.07) is 16.1. The smallest absolute Gasteiger partial charge is 0.222 e. The Labute approximate surface area is 133 Å².